The van der Waals surface area contributed by atoms with Gasteiger partial charge in [0.25, 0.3) is 11.8 Å². The third-order valence-electron chi connectivity index (χ3n) is 7.53. The maximum Gasteiger partial charge on any atom is 0.274 e. The first-order valence-electron chi connectivity index (χ1n) is 14.0. The Morgan fingerprint density at radius 1 is 0.972 bits per heavy atom. The summed E-state index contributed by atoms with van der Waals surface area (Å²) in [7, 11) is 0. The van der Waals surface area contributed by atoms with E-state index in [9.17, 15) is 9.59 Å². The van der Waals surface area contributed by atoms with Gasteiger partial charge in [-0.05, 0) is 63.6 Å². The van der Waals surface area contributed by atoms with Crippen LogP contribution in [0.5, 0.6) is 5.75 Å². The van der Waals surface area contributed by atoms with Crippen LogP contribution in [0, 0.1) is 0 Å². The molecule has 0 bridgehead atoms. The first kappa shape index (κ1) is 26.2. The number of ether oxygens (including phenoxy) is 1. The van der Waals surface area contributed by atoms with E-state index in [0.717, 1.165) is 77.3 Å². The minimum atomic E-state index is -0.144. The van der Waals surface area contributed by atoms with Gasteiger partial charge in [0.15, 0.2) is 0 Å². The Bertz CT molecular complexity index is 1000. The summed E-state index contributed by atoms with van der Waals surface area (Å²) in [6.45, 7) is 7.12. The van der Waals surface area contributed by atoms with Gasteiger partial charge in [-0.15, -0.1) is 0 Å². The van der Waals surface area contributed by atoms with Crippen molar-refractivity contribution in [1.29, 1.82) is 0 Å². The highest BCUT2D eigenvalue weighted by molar-refractivity contribution is 5.97. The van der Waals surface area contributed by atoms with Crippen LogP contribution in [0.25, 0.3) is 0 Å². The Morgan fingerprint density at radius 2 is 1.72 bits per heavy atom. The molecule has 1 saturated carbocycles. The molecule has 0 radical (unpaired) electrons. The van der Waals surface area contributed by atoms with Gasteiger partial charge in [0, 0.05) is 32.4 Å². The van der Waals surface area contributed by atoms with Crippen molar-refractivity contribution in [1.82, 2.24) is 19.6 Å². The lowest BCUT2D eigenvalue weighted by molar-refractivity contribution is 0.0265. The van der Waals surface area contributed by atoms with Crippen LogP contribution >= 0.6 is 0 Å². The molecule has 2 heterocycles. The van der Waals surface area contributed by atoms with Gasteiger partial charge in [-0.25, -0.2) is 0 Å². The molecule has 0 saturated heterocycles. The van der Waals surface area contributed by atoms with Gasteiger partial charge in [-0.3, -0.25) is 14.3 Å². The van der Waals surface area contributed by atoms with Crippen molar-refractivity contribution >= 4 is 11.8 Å². The van der Waals surface area contributed by atoms with Crippen molar-refractivity contribution in [2.24, 2.45) is 0 Å². The Balaban J connectivity index is 1.65. The summed E-state index contributed by atoms with van der Waals surface area (Å²) >= 11 is 0. The third-order valence-corrected chi connectivity index (χ3v) is 7.53. The zero-order valence-electron chi connectivity index (χ0n) is 22.0. The summed E-state index contributed by atoms with van der Waals surface area (Å²) in [6.07, 6.45) is 11.9. The molecule has 1 fully saturated rings. The van der Waals surface area contributed by atoms with Crippen LogP contribution in [-0.2, 0) is 6.54 Å². The van der Waals surface area contributed by atoms with Gasteiger partial charge >= 0.3 is 0 Å². The highest BCUT2D eigenvalue weighted by Gasteiger charge is 2.36. The van der Waals surface area contributed by atoms with E-state index in [0.29, 0.717) is 30.1 Å². The van der Waals surface area contributed by atoms with Gasteiger partial charge in [0.05, 0.1) is 11.6 Å². The molecular weight excluding hydrogens is 452 g/mol. The molecule has 7 nitrogen and oxygen atoms in total. The smallest absolute Gasteiger partial charge is 0.274 e. The van der Waals surface area contributed by atoms with Crippen LogP contribution in [-0.4, -0.2) is 63.2 Å². The predicted molar refractivity (Wildman–Crippen MR) is 141 cm³/mol. The quantitative estimate of drug-likeness (QED) is 0.559. The fourth-order valence-corrected chi connectivity index (χ4v) is 5.56. The van der Waals surface area contributed by atoms with Crippen LogP contribution in [0.15, 0.2) is 36.5 Å². The number of carbonyl (C=O) groups is 2. The summed E-state index contributed by atoms with van der Waals surface area (Å²) < 4.78 is 8.49. The van der Waals surface area contributed by atoms with Gasteiger partial charge in [0.1, 0.15) is 17.5 Å². The molecule has 7 heteroatoms. The summed E-state index contributed by atoms with van der Waals surface area (Å²) in [5, 5.41) is 4.58. The van der Waals surface area contributed by atoms with Gasteiger partial charge in [-0.1, -0.05) is 44.7 Å². The fraction of sp³-hybridized carbons (Fsp3) is 0.621. The minimum absolute atomic E-state index is 0.00353. The summed E-state index contributed by atoms with van der Waals surface area (Å²) in [4.78, 5) is 31.2. The van der Waals surface area contributed by atoms with Crippen molar-refractivity contribution in [3.05, 3.63) is 47.8 Å². The largest absolute Gasteiger partial charge is 0.487 e. The molecule has 1 aliphatic heterocycles. The summed E-state index contributed by atoms with van der Waals surface area (Å²) in [5.74, 6) is 0.660. The monoisotopic (exact) mass is 494 g/mol. The number of para-hydroxylation sites is 1. The maximum atomic E-state index is 13.8. The average molecular weight is 495 g/mol. The Labute approximate surface area is 215 Å². The fourth-order valence-electron chi connectivity index (χ4n) is 5.56. The van der Waals surface area contributed by atoms with Crippen molar-refractivity contribution in [3.63, 3.8) is 0 Å². The number of aromatic nitrogens is 2. The van der Waals surface area contributed by atoms with Crippen molar-refractivity contribution in [2.75, 3.05) is 19.6 Å². The molecule has 0 N–H and O–H groups in total. The number of hydrogen-bond donors (Lipinski definition) is 0. The normalized spacial score (nSPS) is 22.1. The molecule has 1 aromatic heterocycles. The molecule has 2 aliphatic rings. The second kappa shape index (κ2) is 12.9. The number of carbonyl (C=O) groups excluding carboxylic acids is 2. The molecule has 2 amide bonds. The molecule has 1 aromatic carbocycles. The molecule has 4 rings (SSSR count). The van der Waals surface area contributed by atoms with Crippen LogP contribution < -0.4 is 4.74 Å². The number of aryl methyl sites for hydroxylation is 1. The summed E-state index contributed by atoms with van der Waals surface area (Å²) in [5.41, 5.74) is 1.13. The zero-order chi connectivity index (χ0) is 25.3. The second-order valence-electron chi connectivity index (χ2n) is 10.1. The molecule has 0 unspecified atom stereocenters. The predicted octanol–water partition coefficient (Wildman–Crippen LogP) is 5.55. The highest BCUT2D eigenvalue weighted by atomic mass is 16.5. The number of hydrogen-bond acceptors (Lipinski definition) is 4. The Morgan fingerprint density at radius 3 is 2.53 bits per heavy atom. The van der Waals surface area contributed by atoms with Gasteiger partial charge in [0.2, 0.25) is 0 Å². The number of amides is 2. The molecule has 0 spiro atoms. The van der Waals surface area contributed by atoms with Gasteiger partial charge in [-0.2, -0.15) is 5.10 Å². The van der Waals surface area contributed by atoms with Gasteiger partial charge < -0.3 is 14.5 Å². The Hall–Kier alpha value is -2.83. The lowest BCUT2D eigenvalue weighted by atomic mass is 9.90. The van der Waals surface area contributed by atoms with Crippen LogP contribution in [0.3, 0.4) is 0 Å². The molecule has 36 heavy (non-hydrogen) atoms. The lowest BCUT2D eigenvalue weighted by Gasteiger charge is -2.40. The Kier molecular flexibility index (Phi) is 9.42. The maximum absolute atomic E-state index is 13.8. The molecule has 196 valence electrons. The van der Waals surface area contributed by atoms with E-state index in [1.54, 1.807) is 0 Å². The van der Waals surface area contributed by atoms with E-state index < -0.39 is 0 Å². The number of benzene rings is 1. The number of fused-ring (bicyclic) bond motifs is 2. The second-order valence-corrected chi connectivity index (χ2v) is 10.1. The molecule has 2 atom stereocenters. The number of nitrogens with zero attached hydrogens (tertiary/aromatic N) is 4. The molecule has 1 aliphatic carbocycles. The SMILES string of the molecule is CCCn1ccc(C(=O)N2CCCCCCCN(CC)C(=O)c3ccccc3O[C@H]3CCCC[C@H]32)n1. The van der Waals surface area contributed by atoms with Crippen LogP contribution in [0.4, 0.5) is 0 Å². The van der Waals surface area contributed by atoms with Crippen molar-refractivity contribution < 1.29 is 14.3 Å². The number of rotatable bonds is 4. The lowest BCUT2D eigenvalue weighted by Crippen LogP contribution is -2.51. The van der Waals surface area contributed by atoms with E-state index in [1.807, 2.05) is 57.9 Å². The highest BCUT2D eigenvalue weighted by Crippen LogP contribution is 2.31. The van der Waals surface area contributed by atoms with Crippen LogP contribution in [0.1, 0.15) is 98.9 Å². The van der Waals surface area contributed by atoms with Crippen molar-refractivity contribution in [3.8, 4) is 5.75 Å². The van der Waals surface area contributed by atoms with E-state index in [4.69, 9.17) is 4.74 Å². The zero-order valence-corrected chi connectivity index (χ0v) is 22.0. The standard InChI is InChI=1S/C29H42N4O3/c1-3-19-32-22-18-24(30-32)29(35)33-21-13-7-5-6-12-20-31(4-2)28(34)23-14-8-10-16-26(23)36-27-17-11-9-15-25(27)33/h8,10,14,16,18,22,25,27H,3-7,9,11-13,15,17,19-21H2,1-2H3/t25-,27+/m1/s1. The first-order chi connectivity index (χ1) is 17.6. The van der Waals surface area contributed by atoms with E-state index >= 15 is 0 Å². The third kappa shape index (κ3) is 6.29. The average Bonchev–Trinajstić information content (AvgIpc) is 3.36. The van der Waals surface area contributed by atoms with E-state index in [1.165, 1.54) is 0 Å². The minimum Gasteiger partial charge on any atom is -0.487 e. The van der Waals surface area contributed by atoms with E-state index in [2.05, 4.69) is 12.0 Å². The summed E-state index contributed by atoms with van der Waals surface area (Å²) in [6, 6.07) is 9.43. The molecular formula is C29H42N4O3. The first-order valence-corrected chi connectivity index (χ1v) is 14.0. The van der Waals surface area contributed by atoms with Crippen molar-refractivity contribution in [2.45, 2.75) is 96.7 Å². The van der Waals surface area contributed by atoms with E-state index in [-0.39, 0.29) is 24.0 Å². The topological polar surface area (TPSA) is 67.7 Å². The molecule has 2 aromatic rings. The van der Waals surface area contributed by atoms with Crippen LogP contribution in [0.2, 0.25) is 0 Å².